The van der Waals surface area contributed by atoms with Crippen molar-refractivity contribution >= 4 is 11.9 Å². The number of carbonyl (C=O) groups excluding carboxylic acids is 1. The summed E-state index contributed by atoms with van der Waals surface area (Å²) in [5.74, 6) is -0.720. The largest absolute Gasteiger partial charge is 0.331 e. The summed E-state index contributed by atoms with van der Waals surface area (Å²) in [5.41, 5.74) is 0.957. The molecule has 18 heavy (non-hydrogen) atoms. The summed E-state index contributed by atoms with van der Waals surface area (Å²) >= 11 is 0. The monoisotopic (exact) mass is 240 g/mol. The van der Waals surface area contributed by atoms with Crippen molar-refractivity contribution in [2.24, 2.45) is 5.92 Å². The molecule has 0 bridgehead atoms. The van der Waals surface area contributed by atoms with Crippen molar-refractivity contribution in [2.75, 3.05) is 5.32 Å². The van der Waals surface area contributed by atoms with Crippen LogP contribution in [0.2, 0.25) is 0 Å². The maximum Gasteiger partial charge on any atom is 0.244 e. The van der Waals surface area contributed by atoms with Gasteiger partial charge in [0.05, 0.1) is 6.07 Å². The molecule has 0 aliphatic rings. The maximum absolute atomic E-state index is 11.9. The number of rotatable bonds is 4. The first-order valence-electron chi connectivity index (χ1n) is 5.53. The van der Waals surface area contributed by atoms with E-state index < -0.39 is 5.92 Å². The third-order valence-corrected chi connectivity index (χ3v) is 2.49. The van der Waals surface area contributed by atoms with Gasteiger partial charge in [0.2, 0.25) is 11.9 Å². The zero-order valence-electron chi connectivity index (χ0n) is 9.63. The highest BCUT2D eigenvalue weighted by Gasteiger charge is 2.19. The summed E-state index contributed by atoms with van der Waals surface area (Å²) in [5, 5.41) is 11.6. The molecule has 0 fully saturated rings. The Morgan fingerprint density at radius 3 is 2.83 bits per heavy atom. The van der Waals surface area contributed by atoms with Gasteiger partial charge in [-0.1, -0.05) is 30.3 Å². The molecule has 0 saturated carbocycles. The van der Waals surface area contributed by atoms with Crippen molar-refractivity contribution in [1.29, 1.82) is 5.26 Å². The molecule has 1 aromatic heterocycles. The van der Waals surface area contributed by atoms with E-state index in [1.807, 2.05) is 36.4 Å². The molecular weight excluding hydrogens is 228 g/mol. The number of amides is 1. The molecule has 5 heteroatoms. The van der Waals surface area contributed by atoms with E-state index in [1.165, 1.54) is 6.20 Å². The van der Waals surface area contributed by atoms with Crippen molar-refractivity contribution in [3.8, 4) is 6.07 Å². The Bertz CT molecular complexity index is 542. The van der Waals surface area contributed by atoms with Crippen LogP contribution in [0.3, 0.4) is 0 Å². The van der Waals surface area contributed by atoms with E-state index in [1.54, 1.807) is 6.20 Å². The molecule has 1 amide bonds. The first kappa shape index (κ1) is 11.9. The molecule has 0 aliphatic heterocycles. The summed E-state index contributed by atoms with van der Waals surface area (Å²) in [6.07, 6.45) is 3.53. The fourth-order valence-electron chi connectivity index (χ4n) is 1.58. The fourth-order valence-corrected chi connectivity index (χ4v) is 1.58. The molecule has 5 nitrogen and oxygen atoms in total. The van der Waals surface area contributed by atoms with Crippen LogP contribution in [0.25, 0.3) is 0 Å². The highest BCUT2D eigenvalue weighted by molar-refractivity contribution is 5.92. The molecular formula is C13H12N4O. The normalized spacial score (nSPS) is 11.5. The average Bonchev–Trinajstić information content (AvgIpc) is 2.90. The van der Waals surface area contributed by atoms with Gasteiger partial charge in [-0.05, 0) is 12.0 Å². The number of aromatic nitrogens is 2. The van der Waals surface area contributed by atoms with Gasteiger partial charge in [0.1, 0.15) is 5.92 Å². The smallest absolute Gasteiger partial charge is 0.244 e. The number of carbonyl (C=O) groups is 1. The number of H-pyrrole nitrogens is 1. The van der Waals surface area contributed by atoms with E-state index in [0.717, 1.165) is 5.56 Å². The van der Waals surface area contributed by atoms with E-state index in [4.69, 9.17) is 5.26 Å². The lowest BCUT2D eigenvalue weighted by Gasteiger charge is -2.08. The number of hydrogen-bond donors (Lipinski definition) is 2. The van der Waals surface area contributed by atoms with Crippen molar-refractivity contribution < 1.29 is 4.79 Å². The number of nitrogens with one attached hydrogen (secondary N) is 2. The quantitative estimate of drug-likeness (QED) is 0.853. The second-order valence-electron chi connectivity index (χ2n) is 3.80. The lowest BCUT2D eigenvalue weighted by Crippen LogP contribution is -2.24. The number of benzene rings is 1. The van der Waals surface area contributed by atoms with Crippen molar-refractivity contribution in [3.63, 3.8) is 0 Å². The van der Waals surface area contributed by atoms with E-state index in [9.17, 15) is 4.79 Å². The molecule has 2 aromatic rings. The Morgan fingerprint density at radius 2 is 2.22 bits per heavy atom. The summed E-state index contributed by atoms with van der Waals surface area (Å²) in [4.78, 5) is 18.5. The van der Waals surface area contributed by atoms with Crippen LogP contribution in [0.5, 0.6) is 0 Å². The third-order valence-electron chi connectivity index (χ3n) is 2.49. The summed E-state index contributed by atoms with van der Waals surface area (Å²) in [7, 11) is 0. The molecule has 0 aliphatic carbocycles. The van der Waals surface area contributed by atoms with Gasteiger partial charge in [0.15, 0.2) is 0 Å². The second kappa shape index (κ2) is 5.64. The zero-order chi connectivity index (χ0) is 12.8. The summed E-state index contributed by atoms with van der Waals surface area (Å²) in [6.45, 7) is 0. The van der Waals surface area contributed by atoms with Crippen molar-refractivity contribution in [2.45, 2.75) is 6.42 Å². The van der Waals surface area contributed by atoms with E-state index in [2.05, 4.69) is 15.3 Å². The van der Waals surface area contributed by atoms with Gasteiger partial charge in [-0.2, -0.15) is 5.26 Å². The Hall–Kier alpha value is -2.61. The minimum Gasteiger partial charge on any atom is -0.331 e. The predicted molar refractivity (Wildman–Crippen MR) is 66.5 cm³/mol. The molecule has 1 atom stereocenters. The standard InChI is InChI=1S/C13H12N4O/c14-9-11(8-10-4-2-1-3-5-10)12(18)17-13-15-6-7-16-13/h1-7,11H,8H2,(H2,15,16,17,18). The fraction of sp³-hybridized carbons (Fsp3) is 0.154. The average molecular weight is 240 g/mol. The highest BCUT2D eigenvalue weighted by Crippen LogP contribution is 2.10. The van der Waals surface area contributed by atoms with Crippen LogP contribution in [0.15, 0.2) is 42.7 Å². The second-order valence-corrected chi connectivity index (χ2v) is 3.80. The number of imidazole rings is 1. The number of aromatic amines is 1. The minimum absolute atomic E-state index is 0.351. The Morgan fingerprint density at radius 1 is 1.44 bits per heavy atom. The SMILES string of the molecule is N#CC(Cc1ccccc1)C(=O)Nc1ncc[nH]1. The molecule has 1 unspecified atom stereocenters. The topological polar surface area (TPSA) is 81.6 Å². The Kier molecular flexibility index (Phi) is 3.72. The molecule has 90 valence electrons. The molecule has 0 spiro atoms. The van der Waals surface area contributed by atoms with Gasteiger partial charge in [-0.15, -0.1) is 0 Å². The summed E-state index contributed by atoms with van der Waals surface area (Å²) in [6, 6.07) is 11.5. The highest BCUT2D eigenvalue weighted by atomic mass is 16.2. The molecule has 1 aromatic carbocycles. The number of anilines is 1. The predicted octanol–water partition coefficient (Wildman–Crippen LogP) is 1.73. The lowest BCUT2D eigenvalue weighted by atomic mass is 10.00. The van der Waals surface area contributed by atoms with Gasteiger partial charge in [-0.25, -0.2) is 4.98 Å². The van der Waals surface area contributed by atoms with Gasteiger partial charge in [0, 0.05) is 12.4 Å². The van der Waals surface area contributed by atoms with E-state index in [0.29, 0.717) is 12.4 Å². The summed E-state index contributed by atoms with van der Waals surface area (Å²) < 4.78 is 0. The van der Waals surface area contributed by atoms with Crippen LogP contribution in [-0.2, 0) is 11.2 Å². The van der Waals surface area contributed by atoms with E-state index >= 15 is 0 Å². The van der Waals surface area contributed by atoms with Gasteiger partial charge in [-0.3, -0.25) is 10.1 Å². The Labute approximate surface area is 104 Å². The van der Waals surface area contributed by atoms with Crippen molar-refractivity contribution in [3.05, 3.63) is 48.3 Å². The molecule has 0 saturated heterocycles. The van der Waals surface area contributed by atoms with Gasteiger partial charge in [0.25, 0.3) is 0 Å². The molecule has 0 radical (unpaired) electrons. The van der Waals surface area contributed by atoms with Crippen molar-refractivity contribution in [1.82, 2.24) is 9.97 Å². The van der Waals surface area contributed by atoms with Gasteiger partial charge < -0.3 is 4.98 Å². The number of nitriles is 1. The first-order chi connectivity index (χ1) is 8.79. The van der Waals surface area contributed by atoms with Crippen LogP contribution >= 0.6 is 0 Å². The lowest BCUT2D eigenvalue weighted by molar-refractivity contribution is -0.118. The minimum atomic E-state index is -0.725. The zero-order valence-corrected chi connectivity index (χ0v) is 9.63. The number of hydrogen-bond acceptors (Lipinski definition) is 3. The van der Waals surface area contributed by atoms with Crippen LogP contribution in [0, 0.1) is 17.2 Å². The van der Waals surface area contributed by atoms with E-state index in [-0.39, 0.29) is 5.91 Å². The third kappa shape index (κ3) is 2.95. The van der Waals surface area contributed by atoms with Crippen LogP contribution in [0.4, 0.5) is 5.95 Å². The molecule has 2 N–H and O–H groups in total. The molecule has 2 rings (SSSR count). The van der Waals surface area contributed by atoms with Crippen LogP contribution < -0.4 is 5.32 Å². The number of nitrogens with zero attached hydrogens (tertiary/aromatic N) is 2. The maximum atomic E-state index is 11.9. The first-order valence-corrected chi connectivity index (χ1v) is 5.53. The van der Waals surface area contributed by atoms with Crippen LogP contribution in [-0.4, -0.2) is 15.9 Å². The van der Waals surface area contributed by atoms with Crippen LogP contribution in [0.1, 0.15) is 5.56 Å². The molecule has 1 heterocycles. The van der Waals surface area contributed by atoms with Gasteiger partial charge >= 0.3 is 0 Å². The Balaban J connectivity index is 2.01.